The van der Waals surface area contributed by atoms with Crippen molar-refractivity contribution in [1.29, 1.82) is 5.26 Å². The van der Waals surface area contributed by atoms with E-state index < -0.39 is 0 Å². The maximum Gasteiger partial charge on any atom is 0.224 e. The van der Waals surface area contributed by atoms with E-state index in [0.29, 0.717) is 31.3 Å². The fourth-order valence-electron chi connectivity index (χ4n) is 2.03. The third kappa shape index (κ3) is 5.74. The Bertz CT molecular complexity index is 295. The molecule has 0 aromatic carbocycles. The summed E-state index contributed by atoms with van der Waals surface area (Å²) in [6.07, 6.45) is 0.983. The van der Waals surface area contributed by atoms with Crippen molar-refractivity contribution in [3.63, 3.8) is 0 Å². The minimum Gasteiger partial charge on any atom is -0.341 e. The molecule has 0 radical (unpaired) electrons. The Balaban J connectivity index is 2.44. The van der Waals surface area contributed by atoms with Crippen LogP contribution in [0.1, 0.15) is 26.7 Å². The lowest BCUT2D eigenvalue weighted by Crippen LogP contribution is -2.43. The summed E-state index contributed by atoms with van der Waals surface area (Å²) in [6, 6.07) is 2.42. The Hall–Kier alpha value is -0.730. The van der Waals surface area contributed by atoms with E-state index in [4.69, 9.17) is 5.26 Å². The largest absolute Gasteiger partial charge is 0.341 e. The molecule has 0 aliphatic carbocycles. The molecule has 1 fully saturated rings. The molecule has 1 amide bonds. The molecule has 0 spiro atoms. The number of rotatable bonds is 6. The van der Waals surface area contributed by atoms with Crippen molar-refractivity contribution in [1.82, 2.24) is 10.2 Å². The fraction of sp³-hybridized carbons (Fsp3) is 0.846. The lowest BCUT2D eigenvalue weighted by Gasteiger charge is -2.28. The van der Waals surface area contributed by atoms with Gasteiger partial charge in [0.2, 0.25) is 5.91 Å². The molecule has 0 aromatic rings. The fourth-order valence-corrected chi connectivity index (χ4v) is 2.98. The highest BCUT2D eigenvalue weighted by atomic mass is 32.2. The first-order chi connectivity index (χ1) is 8.63. The van der Waals surface area contributed by atoms with Gasteiger partial charge in [-0.1, -0.05) is 13.8 Å². The van der Waals surface area contributed by atoms with Gasteiger partial charge < -0.3 is 10.2 Å². The third-order valence-electron chi connectivity index (χ3n) is 2.85. The van der Waals surface area contributed by atoms with Crippen LogP contribution in [0.25, 0.3) is 0 Å². The minimum absolute atomic E-state index is 0.180. The zero-order valence-corrected chi connectivity index (χ0v) is 12.1. The van der Waals surface area contributed by atoms with Gasteiger partial charge >= 0.3 is 0 Å². The van der Waals surface area contributed by atoms with E-state index in [0.717, 1.165) is 24.6 Å². The van der Waals surface area contributed by atoms with Crippen LogP contribution in [0.5, 0.6) is 0 Å². The Kier molecular flexibility index (Phi) is 7.14. The van der Waals surface area contributed by atoms with Crippen molar-refractivity contribution in [2.24, 2.45) is 5.92 Å². The molecule has 4 nitrogen and oxygen atoms in total. The topological polar surface area (TPSA) is 56.1 Å². The van der Waals surface area contributed by atoms with Crippen LogP contribution in [0.15, 0.2) is 0 Å². The van der Waals surface area contributed by atoms with E-state index in [2.05, 4.69) is 25.2 Å². The van der Waals surface area contributed by atoms with Crippen molar-refractivity contribution in [3.05, 3.63) is 0 Å². The van der Waals surface area contributed by atoms with Crippen LogP contribution in [0.4, 0.5) is 0 Å². The van der Waals surface area contributed by atoms with Crippen molar-refractivity contribution >= 4 is 17.7 Å². The summed E-state index contributed by atoms with van der Waals surface area (Å²) in [6.45, 7) is 6.50. The summed E-state index contributed by atoms with van der Waals surface area (Å²) in [4.78, 5) is 14.1. The molecule has 1 saturated heterocycles. The molecule has 5 heteroatoms. The van der Waals surface area contributed by atoms with Crippen molar-refractivity contribution in [2.75, 3.05) is 31.1 Å². The molecule has 1 aliphatic heterocycles. The van der Waals surface area contributed by atoms with Crippen LogP contribution in [-0.2, 0) is 4.79 Å². The minimum atomic E-state index is 0.180. The van der Waals surface area contributed by atoms with Gasteiger partial charge in [-0.3, -0.25) is 4.79 Å². The molecule has 1 aliphatic rings. The lowest BCUT2D eigenvalue weighted by atomic mass is 10.1. The van der Waals surface area contributed by atoms with E-state index >= 15 is 0 Å². The average Bonchev–Trinajstić information content (AvgIpc) is 2.35. The lowest BCUT2D eigenvalue weighted by molar-refractivity contribution is -0.132. The van der Waals surface area contributed by atoms with Crippen LogP contribution in [0.3, 0.4) is 0 Å². The van der Waals surface area contributed by atoms with E-state index in [1.165, 1.54) is 0 Å². The first kappa shape index (κ1) is 15.3. The number of carbonyl (C=O) groups excluding carboxylic acids is 1. The van der Waals surface area contributed by atoms with Gasteiger partial charge in [-0.05, 0) is 5.92 Å². The van der Waals surface area contributed by atoms with Gasteiger partial charge in [0.25, 0.3) is 0 Å². The first-order valence-corrected chi connectivity index (χ1v) is 7.74. The summed E-state index contributed by atoms with van der Waals surface area (Å²) >= 11 is 1.90. The molecular formula is C13H23N3OS. The molecule has 1 rings (SSSR count). The third-order valence-corrected chi connectivity index (χ3v) is 3.98. The van der Waals surface area contributed by atoms with Crippen LogP contribution >= 0.6 is 11.8 Å². The standard InChI is InChI=1S/C13H23N3OS/c1-11(2)9-16(6-3-4-14)13(17)8-12-10-18-7-5-15-12/h11-12,15H,3,5-10H2,1-2H3. The normalized spacial score (nSPS) is 19.6. The second kappa shape index (κ2) is 8.39. The van der Waals surface area contributed by atoms with Crippen LogP contribution < -0.4 is 5.32 Å². The van der Waals surface area contributed by atoms with Gasteiger partial charge in [-0.2, -0.15) is 17.0 Å². The number of nitrogens with zero attached hydrogens (tertiary/aromatic N) is 2. The molecule has 102 valence electrons. The average molecular weight is 269 g/mol. The first-order valence-electron chi connectivity index (χ1n) is 6.59. The number of carbonyl (C=O) groups is 1. The molecule has 0 aromatic heterocycles. The smallest absolute Gasteiger partial charge is 0.224 e. The highest BCUT2D eigenvalue weighted by molar-refractivity contribution is 7.99. The summed E-state index contributed by atoms with van der Waals surface area (Å²) in [5.41, 5.74) is 0. The summed E-state index contributed by atoms with van der Waals surface area (Å²) in [7, 11) is 0. The maximum atomic E-state index is 12.2. The second-order valence-corrected chi connectivity index (χ2v) is 6.22. The predicted molar refractivity (Wildman–Crippen MR) is 75.4 cm³/mol. The number of nitriles is 1. The maximum absolute atomic E-state index is 12.2. The summed E-state index contributed by atoms with van der Waals surface area (Å²) < 4.78 is 0. The second-order valence-electron chi connectivity index (χ2n) is 5.07. The highest BCUT2D eigenvalue weighted by Crippen LogP contribution is 2.12. The molecule has 1 atom stereocenters. The van der Waals surface area contributed by atoms with Crippen LogP contribution in [0, 0.1) is 17.2 Å². The Labute approximate surface area is 114 Å². The van der Waals surface area contributed by atoms with Crippen molar-refractivity contribution in [2.45, 2.75) is 32.7 Å². The van der Waals surface area contributed by atoms with Gasteiger partial charge in [-0.15, -0.1) is 0 Å². The molecular weight excluding hydrogens is 246 g/mol. The SMILES string of the molecule is CC(C)CN(CCC#N)C(=O)CC1CSCCN1. The monoisotopic (exact) mass is 269 g/mol. The van der Waals surface area contributed by atoms with Gasteiger partial charge in [-0.25, -0.2) is 0 Å². The van der Waals surface area contributed by atoms with Crippen LogP contribution in [0.2, 0.25) is 0 Å². The molecule has 1 unspecified atom stereocenters. The molecule has 1 heterocycles. The van der Waals surface area contributed by atoms with E-state index in [1.807, 2.05) is 16.7 Å². The van der Waals surface area contributed by atoms with Gasteiger partial charge in [0.05, 0.1) is 12.5 Å². The highest BCUT2D eigenvalue weighted by Gasteiger charge is 2.21. The van der Waals surface area contributed by atoms with E-state index in [-0.39, 0.29) is 5.91 Å². The quantitative estimate of drug-likeness (QED) is 0.793. The van der Waals surface area contributed by atoms with Gasteiger partial charge in [0.15, 0.2) is 0 Å². The molecule has 0 bridgehead atoms. The Morgan fingerprint density at radius 3 is 2.94 bits per heavy atom. The zero-order valence-electron chi connectivity index (χ0n) is 11.3. The molecule has 1 N–H and O–H groups in total. The predicted octanol–water partition coefficient (Wildman–Crippen LogP) is 1.48. The number of hydrogen-bond donors (Lipinski definition) is 1. The summed E-state index contributed by atoms with van der Waals surface area (Å²) in [5.74, 6) is 2.77. The Morgan fingerprint density at radius 2 is 2.39 bits per heavy atom. The van der Waals surface area contributed by atoms with Crippen LogP contribution in [-0.4, -0.2) is 48.0 Å². The molecule has 0 saturated carbocycles. The number of thioether (sulfide) groups is 1. The van der Waals surface area contributed by atoms with Crippen molar-refractivity contribution in [3.8, 4) is 6.07 Å². The summed E-state index contributed by atoms with van der Waals surface area (Å²) in [5, 5.41) is 12.0. The van der Waals surface area contributed by atoms with Gasteiger partial charge in [0.1, 0.15) is 0 Å². The van der Waals surface area contributed by atoms with E-state index in [1.54, 1.807) is 0 Å². The van der Waals surface area contributed by atoms with Crippen molar-refractivity contribution < 1.29 is 4.79 Å². The molecule has 18 heavy (non-hydrogen) atoms. The number of hydrogen-bond acceptors (Lipinski definition) is 4. The number of nitrogens with one attached hydrogen (secondary N) is 1. The number of amides is 1. The van der Waals surface area contributed by atoms with E-state index in [9.17, 15) is 4.79 Å². The zero-order chi connectivity index (χ0) is 13.4. The Morgan fingerprint density at radius 1 is 1.61 bits per heavy atom. The van der Waals surface area contributed by atoms with Gasteiger partial charge in [0, 0.05) is 43.6 Å².